The maximum atomic E-state index is 11.5. The second-order valence-corrected chi connectivity index (χ2v) is 4.67. The van der Waals surface area contributed by atoms with Crippen LogP contribution >= 0.6 is 0 Å². The van der Waals surface area contributed by atoms with Gasteiger partial charge in [-0.2, -0.15) is 0 Å². The van der Waals surface area contributed by atoms with E-state index < -0.39 is 5.97 Å². The van der Waals surface area contributed by atoms with Crippen molar-refractivity contribution in [3.05, 3.63) is 0 Å². The van der Waals surface area contributed by atoms with Gasteiger partial charge in [0.1, 0.15) is 0 Å². The third kappa shape index (κ3) is 3.20. The lowest BCUT2D eigenvalue weighted by molar-refractivity contribution is -0.142. The standard InChI is InChI=1S/C11H20N2O3/c1-7(2)12-10(14)6-13-5-4-9(8(13)3)11(15)16/h7-9H,4-6H2,1-3H3,(H,12,14)(H,15,16). The Hall–Kier alpha value is -1.10. The van der Waals surface area contributed by atoms with Gasteiger partial charge in [-0.3, -0.25) is 14.5 Å². The molecule has 5 heteroatoms. The van der Waals surface area contributed by atoms with Crippen LogP contribution < -0.4 is 5.32 Å². The highest BCUT2D eigenvalue weighted by atomic mass is 16.4. The predicted octanol–water partition coefficient (Wildman–Crippen LogP) is 0.306. The maximum Gasteiger partial charge on any atom is 0.308 e. The summed E-state index contributed by atoms with van der Waals surface area (Å²) in [5.41, 5.74) is 0. The minimum absolute atomic E-state index is 0.0344. The van der Waals surface area contributed by atoms with Crippen LogP contribution in [-0.4, -0.2) is 47.1 Å². The molecule has 0 aromatic carbocycles. The Bertz CT molecular complexity index is 278. The Morgan fingerprint density at radius 2 is 2.12 bits per heavy atom. The SMILES string of the molecule is CC(C)NC(=O)CN1CCC(C(=O)O)C1C. The van der Waals surface area contributed by atoms with Crippen molar-refractivity contribution in [3.8, 4) is 0 Å². The van der Waals surface area contributed by atoms with Crippen LogP contribution in [-0.2, 0) is 9.59 Å². The van der Waals surface area contributed by atoms with Crippen LogP contribution in [0.25, 0.3) is 0 Å². The number of hydrogen-bond acceptors (Lipinski definition) is 3. The summed E-state index contributed by atoms with van der Waals surface area (Å²) in [6.45, 7) is 6.66. The van der Waals surface area contributed by atoms with Crippen molar-refractivity contribution < 1.29 is 14.7 Å². The van der Waals surface area contributed by atoms with Crippen molar-refractivity contribution in [1.29, 1.82) is 0 Å². The summed E-state index contributed by atoms with van der Waals surface area (Å²) in [4.78, 5) is 24.4. The van der Waals surface area contributed by atoms with E-state index in [1.54, 1.807) is 0 Å². The highest BCUT2D eigenvalue weighted by Crippen LogP contribution is 2.23. The molecule has 16 heavy (non-hydrogen) atoms. The van der Waals surface area contributed by atoms with Crippen LogP contribution in [0.15, 0.2) is 0 Å². The van der Waals surface area contributed by atoms with Gasteiger partial charge in [0.05, 0.1) is 12.5 Å². The van der Waals surface area contributed by atoms with Gasteiger partial charge in [0.25, 0.3) is 0 Å². The minimum atomic E-state index is -0.765. The van der Waals surface area contributed by atoms with E-state index in [9.17, 15) is 9.59 Å². The third-order valence-corrected chi connectivity index (χ3v) is 3.00. The van der Waals surface area contributed by atoms with Crippen LogP contribution in [0.3, 0.4) is 0 Å². The summed E-state index contributed by atoms with van der Waals surface area (Å²) in [6.07, 6.45) is 0.630. The summed E-state index contributed by atoms with van der Waals surface area (Å²) in [5.74, 6) is -1.14. The quantitative estimate of drug-likeness (QED) is 0.726. The van der Waals surface area contributed by atoms with Crippen molar-refractivity contribution >= 4 is 11.9 Å². The fourth-order valence-electron chi connectivity index (χ4n) is 2.11. The Labute approximate surface area is 95.8 Å². The number of carboxylic acids is 1. The molecule has 2 unspecified atom stereocenters. The zero-order valence-electron chi connectivity index (χ0n) is 10.1. The number of amides is 1. The predicted molar refractivity (Wildman–Crippen MR) is 60.1 cm³/mol. The average molecular weight is 228 g/mol. The van der Waals surface area contributed by atoms with Crippen molar-refractivity contribution in [2.24, 2.45) is 5.92 Å². The van der Waals surface area contributed by atoms with Gasteiger partial charge in [-0.1, -0.05) is 0 Å². The lowest BCUT2D eigenvalue weighted by Gasteiger charge is -2.22. The molecule has 0 radical (unpaired) electrons. The van der Waals surface area contributed by atoms with Gasteiger partial charge in [-0.15, -0.1) is 0 Å². The monoisotopic (exact) mass is 228 g/mol. The molecule has 2 atom stereocenters. The highest BCUT2D eigenvalue weighted by molar-refractivity contribution is 5.78. The van der Waals surface area contributed by atoms with Crippen LogP contribution in [0.2, 0.25) is 0 Å². The maximum absolute atomic E-state index is 11.5. The zero-order chi connectivity index (χ0) is 12.3. The number of carbonyl (C=O) groups excluding carboxylic acids is 1. The lowest BCUT2D eigenvalue weighted by Crippen LogP contribution is -2.42. The van der Waals surface area contributed by atoms with Crippen LogP contribution in [0.1, 0.15) is 27.2 Å². The third-order valence-electron chi connectivity index (χ3n) is 3.00. The van der Waals surface area contributed by atoms with Crippen molar-refractivity contribution in [3.63, 3.8) is 0 Å². The fourth-order valence-corrected chi connectivity index (χ4v) is 2.11. The molecule has 0 aromatic rings. The summed E-state index contributed by atoms with van der Waals surface area (Å²) < 4.78 is 0. The van der Waals surface area contributed by atoms with E-state index >= 15 is 0 Å². The summed E-state index contributed by atoms with van der Waals surface area (Å²) in [6, 6.07) is 0.0658. The van der Waals surface area contributed by atoms with Gasteiger partial charge in [0, 0.05) is 12.1 Å². The molecule has 1 heterocycles. The molecule has 0 saturated carbocycles. The van der Waals surface area contributed by atoms with Crippen LogP contribution in [0.5, 0.6) is 0 Å². The largest absolute Gasteiger partial charge is 0.481 e. The molecule has 1 fully saturated rings. The first-order chi connectivity index (χ1) is 7.41. The van der Waals surface area contributed by atoms with E-state index in [2.05, 4.69) is 5.32 Å². The molecule has 1 amide bonds. The number of hydrogen-bond donors (Lipinski definition) is 2. The summed E-state index contributed by atoms with van der Waals surface area (Å²) in [5, 5.41) is 11.8. The first-order valence-corrected chi connectivity index (χ1v) is 5.68. The van der Waals surface area contributed by atoms with Crippen molar-refractivity contribution in [2.75, 3.05) is 13.1 Å². The Morgan fingerprint density at radius 3 is 2.56 bits per heavy atom. The molecule has 1 aliphatic rings. The number of rotatable bonds is 4. The number of nitrogens with zero attached hydrogens (tertiary/aromatic N) is 1. The summed E-state index contributed by atoms with van der Waals surface area (Å²) >= 11 is 0. The smallest absolute Gasteiger partial charge is 0.308 e. The molecule has 0 aromatic heterocycles. The van der Waals surface area contributed by atoms with E-state index in [0.717, 1.165) is 0 Å². The molecule has 1 rings (SSSR count). The Balaban J connectivity index is 2.45. The van der Waals surface area contributed by atoms with Crippen LogP contribution in [0, 0.1) is 5.92 Å². The highest BCUT2D eigenvalue weighted by Gasteiger charge is 2.36. The van der Waals surface area contributed by atoms with E-state index in [4.69, 9.17) is 5.11 Å². The molecule has 0 bridgehead atoms. The number of carbonyl (C=O) groups is 2. The van der Waals surface area contributed by atoms with Gasteiger partial charge in [0.15, 0.2) is 0 Å². The van der Waals surface area contributed by atoms with E-state index in [0.29, 0.717) is 19.5 Å². The minimum Gasteiger partial charge on any atom is -0.481 e. The first kappa shape index (κ1) is 13.0. The Kier molecular flexibility index (Phi) is 4.29. The number of likely N-dealkylation sites (tertiary alicyclic amines) is 1. The second kappa shape index (κ2) is 5.30. The molecule has 5 nitrogen and oxygen atoms in total. The number of carboxylic acid groups (broad SMARTS) is 1. The molecule has 92 valence electrons. The molecule has 0 aliphatic carbocycles. The molecule has 1 saturated heterocycles. The normalized spacial score (nSPS) is 26.0. The number of aliphatic carboxylic acids is 1. The van der Waals surface area contributed by atoms with Crippen LogP contribution in [0.4, 0.5) is 0 Å². The number of nitrogens with one attached hydrogen (secondary N) is 1. The Morgan fingerprint density at radius 1 is 1.50 bits per heavy atom. The average Bonchev–Trinajstić information content (AvgIpc) is 2.46. The molecule has 0 spiro atoms. The summed E-state index contributed by atoms with van der Waals surface area (Å²) in [7, 11) is 0. The van der Waals surface area contributed by atoms with Gasteiger partial charge in [-0.25, -0.2) is 0 Å². The molecule has 1 aliphatic heterocycles. The van der Waals surface area contributed by atoms with Crippen molar-refractivity contribution in [2.45, 2.75) is 39.3 Å². The van der Waals surface area contributed by atoms with Gasteiger partial charge in [-0.05, 0) is 33.7 Å². The molecular weight excluding hydrogens is 208 g/mol. The fraction of sp³-hybridized carbons (Fsp3) is 0.818. The molecule has 2 N–H and O–H groups in total. The van der Waals surface area contributed by atoms with Gasteiger partial charge >= 0.3 is 5.97 Å². The van der Waals surface area contributed by atoms with E-state index in [1.165, 1.54) is 0 Å². The van der Waals surface area contributed by atoms with Gasteiger partial charge in [0.2, 0.25) is 5.91 Å². The zero-order valence-corrected chi connectivity index (χ0v) is 10.1. The van der Waals surface area contributed by atoms with E-state index in [1.807, 2.05) is 25.7 Å². The van der Waals surface area contributed by atoms with E-state index in [-0.39, 0.29) is 23.9 Å². The second-order valence-electron chi connectivity index (χ2n) is 4.67. The molecular formula is C11H20N2O3. The van der Waals surface area contributed by atoms with Crippen molar-refractivity contribution in [1.82, 2.24) is 10.2 Å². The lowest BCUT2D eigenvalue weighted by atomic mass is 10.0. The topological polar surface area (TPSA) is 69.6 Å². The van der Waals surface area contributed by atoms with Gasteiger partial charge < -0.3 is 10.4 Å². The first-order valence-electron chi connectivity index (χ1n) is 5.68.